The number of nitrogens with one attached hydrogen (secondary N) is 2. The van der Waals surface area contributed by atoms with Gasteiger partial charge in [-0.2, -0.15) is 0 Å². The maximum atomic E-state index is 13.9. The van der Waals surface area contributed by atoms with E-state index in [2.05, 4.69) is 15.8 Å². The molecule has 9 heteroatoms. The van der Waals surface area contributed by atoms with Gasteiger partial charge in [-0.25, -0.2) is 0 Å². The van der Waals surface area contributed by atoms with Crippen LogP contribution in [0.4, 0.5) is 0 Å². The van der Waals surface area contributed by atoms with Crippen molar-refractivity contribution in [3.05, 3.63) is 65.5 Å². The lowest BCUT2D eigenvalue weighted by atomic mass is 9.83. The van der Waals surface area contributed by atoms with Gasteiger partial charge in [-0.05, 0) is 54.9 Å². The summed E-state index contributed by atoms with van der Waals surface area (Å²) in [5, 5.41) is 11.4. The first-order chi connectivity index (χ1) is 20.6. The Morgan fingerprint density at radius 1 is 1.07 bits per heavy atom. The van der Waals surface area contributed by atoms with Crippen molar-refractivity contribution >= 4 is 40.4 Å². The summed E-state index contributed by atoms with van der Waals surface area (Å²) in [6.07, 6.45) is 4.48. The van der Waals surface area contributed by atoms with E-state index in [1.807, 2.05) is 56.3 Å². The van der Waals surface area contributed by atoms with Crippen LogP contribution in [-0.4, -0.2) is 46.9 Å². The third-order valence-electron chi connectivity index (χ3n) is 8.14. The third kappa shape index (κ3) is 8.69. The smallest absolute Gasteiger partial charge is 0.274 e. The number of carbonyl (C=O) groups is 5. The molecule has 1 heterocycles. The molecular weight excluding hydrogens is 546 g/mol. The minimum absolute atomic E-state index is 0.0655. The normalized spacial score (nSPS) is 17.3. The predicted octanol–water partition coefficient (Wildman–Crippen LogP) is 4.93. The first kappa shape index (κ1) is 31.8. The molecule has 0 saturated heterocycles. The van der Waals surface area contributed by atoms with Crippen LogP contribution in [0.2, 0.25) is 0 Å². The zero-order valence-corrected chi connectivity index (χ0v) is 25.1. The van der Waals surface area contributed by atoms with E-state index < -0.39 is 29.8 Å². The highest BCUT2D eigenvalue weighted by atomic mass is 16.5. The van der Waals surface area contributed by atoms with Crippen molar-refractivity contribution in [1.29, 1.82) is 0 Å². The highest BCUT2D eigenvalue weighted by Crippen LogP contribution is 2.26. The summed E-state index contributed by atoms with van der Waals surface area (Å²) in [6, 6.07) is 13.4. The molecule has 4 rings (SSSR count). The van der Waals surface area contributed by atoms with Crippen LogP contribution in [0.25, 0.3) is 10.8 Å². The molecule has 1 fully saturated rings. The van der Waals surface area contributed by atoms with Crippen molar-refractivity contribution < 1.29 is 28.5 Å². The predicted molar refractivity (Wildman–Crippen MR) is 162 cm³/mol. The Kier molecular flexibility index (Phi) is 11.0. The molecular formula is C34H41N3O6. The molecule has 2 aromatic carbocycles. The standard InChI is InChI=1S/C34H41N3O6/c1-21(2)15-26(33(41)35-27(20-38)17-25-10-5-7-14-31(25)39)19-32(40)29(36-34(42)30-16-22(3)43-37-30)18-24-12-8-11-23-9-4-6-13-28(23)24/h4,6,8-9,11-13,16,20-21,25-27,29H,5,7,10,14-15,17-19H2,1-3H3,(H,35,41)(H,36,42)/t25-,26+,27-,29+/m0/s1. The monoisotopic (exact) mass is 587 g/mol. The van der Waals surface area contributed by atoms with Gasteiger partial charge < -0.3 is 20.0 Å². The molecule has 1 aromatic heterocycles. The van der Waals surface area contributed by atoms with Gasteiger partial charge in [0.25, 0.3) is 5.91 Å². The van der Waals surface area contributed by atoms with Gasteiger partial charge in [-0.1, -0.05) is 67.9 Å². The summed E-state index contributed by atoms with van der Waals surface area (Å²) >= 11 is 0. The van der Waals surface area contributed by atoms with Gasteiger partial charge in [0.1, 0.15) is 17.8 Å². The van der Waals surface area contributed by atoms with Crippen LogP contribution in [0.15, 0.2) is 53.1 Å². The van der Waals surface area contributed by atoms with Gasteiger partial charge in [0.2, 0.25) is 5.91 Å². The summed E-state index contributed by atoms with van der Waals surface area (Å²) in [6.45, 7) is 5.60. The number of benzene rings is 2. The molecule has 2 amide bonds. The van der Waals surface area contributed by atoms with Gasteiger partial charge in [-0.15, -0.1) is 0 Å². The maximum Gasteiger partial charge on any atom is 0.274 e. The minimum atomic E-state index is -0.931. The second kappa shape index (κ2) is 14.8. The number of hydrogen-bond donors (Lipinski definition) is 2. The number of carbonyl (C=O) groups excluding carboxylic acids is 5. The van der Waals surface area contributed by atoms with Crippen molar-refractivity contribution in [3.8, 4) is 0 Å². The number of aromatic nitrogens is 1. The summed E-state index contributed by atoms with van der Waals surface area (Å²) in [5.74, 6) is -1.49. The molecule has 0 bridgehead atoms. The van der Waals surface area contributed by atoms with Crippen molar-refractivity contribution in [2.75, 3.05) is 0 Å². The van der Waals surface area contributed by atoms with Gasteiger partial charge in [0.15, 0.2) is 11.5 Å². The average molecular weight is 588 g/mol. The Hall–Kier alpha value is -4.14. The Bertz CT molecular complexity index is 1460. The second-order valence-electron chi connectivity index (χ2n) is 12.1. The highest BCUT2D eigenvalue weighted by molar-refractivity contribution is 5.98. The van der Waals surface area contributed by atoms with Crippen molar-refractivity contribution in [3.63, 3.8) is 0 Å². The number of aryl methyl sites for hydroxylation is 1. The molecule has 228 valence electrons. The van der Waals surface area contributed by atoms with E-state index in [0.29, 0.717) is 31.3 Å². The second-order valence-corrected chi connectivity index (χ2v) is 12.1. The first-order valence-corrected chi connectivity index (χ1v) is 15.2. The average Bonchev–Trinajstić information content (AvgIpc) is 3.43. The molecule has 0 spiro atoms. The molecule has 1 aliphatic rings. The maximum absolute atomic E-state index is 13.9. The number of rotatable bonds is 14. The number of aldehydes is 1. The van der Waals surface area contributed by atoms with Crippen LogP contribution in [-0.2, 0) is 25.6 Å². The molecule has 43 heavy (non-hydrogen) atoms. The van der Waals surface area contributed by atoms with Gasteiger partial charge >= 0.3 is 0 Å². The Balaban J connectivity index is 1.54. The first-order valence-electron chi connectivity index (χ1n) is 15.2. The fourth-order valence-corrected chi connectivity index (χ4v) is 5.94. The molecule has 2 N–H and O–H groups in total. The van der Waals surface area contributed by atoms with Crippen molar-refractivity contribution in [2.24, 2.45) is 17.8 Å². The van der Waals surface area contributed by atoms with Gasteiger partial charge in [0.05, 0.1) is 12.1 Å². The van der Waals surface area contributed by atoms with Crippen LogP contribution in [0.1, 0.15) is 80.6 Å². The van der Waals surface area contributed by atoms with E-state index in [4.69, 9.17) is 4.52 Å². The number of Topliss-reactive ketones (excluding diaryl/α,β-unsaturated/α-hetero) is 2. The van der Waals surface area contributed by atoms with E-state index in [-0.39, 0.29) is 48.4 Å². The molecule has 9 nitrogen and oxygen atoms in total. The van der Waals surface area contributed by atoms with Crippen LogP contribution in [0.5, 0.6) is 0 Å². The lowest BCUT2D eigenvalue weighted by Crippen LogP contribution is -2.46. The van der Waals surface area contributed by atoms with Gasteiger partial charge in [0, 0.05) is 37.2 Å². The lowest BCUT2D eigenvalue weighted by Gasteiger charge is -2.26. The summed E-state index contributed by atoms with van der Waals surface area (Å²) < 4.78 is 5.05. The zero-order chi connectivity index (χ0) is 30.9. The van der Waals surface area contributed by atoms with E-state index in [1.54, 1.807) is 6.92 Å². The van der Waals surface area contributed by atoms with Crippen LogP contribution >= 0.6 is 0 Å². The zero-order valence-electron chi connectivity index (χ0n) is 25.1. The Morgan fingerprint density at radius 2 is 1.84 bits per heavy atom. The number of hydrogen-bond acceptors (Lipinski definition) is 7. The fourth-order valence-electron chi connectivity index (χ4n) is 5.94. The number of nitrogens with zero attached hydrogens (tertiary/aromatic N) is 1. The molecule has 0 aliphatic heterocycles. The van der Waals surface area contributed by atoms with E-state index in [9.17, 15) is 24.0 Å². The summed E-state index contributed by atoms with van der Waals surface area (Å²) in [5.41, 5.74) is 0.951. The topological polar surface area (TPSA) is 135 Å². The number of ketones is 2. The molecule has 0 unspecified atom stereocenters. The summed E-state index contributed by atoms with van der Waals surface area (Å²) in [4.78, 5) is 64.7. The lowest BCUT2D eigenvalue weighted by molar-refractivity contribution is -0.132. The quantitative estimate of drug-likeness (QED) is 0.255. The molecule has 1 saturated carbocycles. The minimum Gasteiger partial charge on any atom is -0.361 e. The molecule has 0 radical (unpaired) electrons. The van der Waals surface area contributed by atoms with Crippen LogP contribution in [0, 0.1) is 24.7 Å². The third-order valence-corrected chi connectivity index (χ3v) is 8.14. The van der Waals surface area contributed by atoms with Crippen LogP contribution in [0.3, 0.4) is 0 Å². The van der Waals surface area contributed by atoms with E-state index in [0.717, 1.165) is 29.2 Å². The highest BCUT2D eigenvalue weighted by Gasteiger charge is 2.32. The summed E-state index contributed by atoms with van der Waals surface area (Å²) in [7, 11) is 0. The van der Waals surface area contributed by atoms with Crippen LogP contribution < -0.4 is 10.6 Å². The van der Waals surface area contributed by atoms with E-state index in [1.165, 1.54) is 6.07 Å². The fraction of sp³-hybridized carbons (Fsp3) is 0.471. The SMILES string of the molecule is Cc1cc(C(=O)N[C@H](Cc2cccc3ccccc23)C(=O)C[C@@H](CC(C)C)C(=O)N[C@H](C=O)C[C@@H]2CCCCC2=O)no1. The molecule has 1 aliphatic carbocycles. The van der Waals surface area contributed by atoms with Gasteiger partial charge in [-0.3, -0.25) is 19.2 Å². The number of amides is 2. The Labute approximate surface area is 252 Å². The molecule has 4 atom stereocenters. The largest absolute Gasteiger partial charge is 0.361 e. The number of fused-ring (bicyclic) bond motifs is 1. The van der Waals surface area contributed by atoms with E-state index >= 15 is 0 Å². The van der Waals surface area contributed by atoms with Crippen molar-refractivity contribution in [2.45, 2.75) is 84.2 Å². The Morgan fingerprint density at radius 3 is 2.53 bits per heavy atom. The van der Waals surface area contributed by atoms with Crippen molar-refractivity contribution in [1.82, 2.24) is 15.8 Å². The molecule has 3 aromatic rings.